The topological polar surface area (TPSA) is 81.3 Å². The molecule has 1 aromatic heterocycles. The van der Waals surface area contributed by atoms with Crippen LogP contribution in [-0.4, -0.2) is 33.1 Å². The molecule has 2 N–H and O–H groups in total. The zero-order valence-corrected chi connectivity index (χ0v) is 11.6. The third-order valence-corrected chi connectivity index (χ3v) is 2.92. The molecular formula is C13H20N4O2. The Hall–Kier alpha value is -1.85. The van der Waals surface area contributed by atoms with Gasteiger partial charge in [0.15, 0.2) is 0 Å². The Morgan fingerprint density at radius 1 is 1.53 bits per heavy atom. The van der Waals surface area contributed by atoms with Crippen LogP contribution in [0.1, 0.15) is 45.3 Å². The summed E-state index contributed by atoms with van der Waals surface area (Å²) in [7, 11) is 0. The number of carbonyl (C=O) groups is 1. The fraction of sp³-hybridized carbons (Fsp3) is 0.615. The van der Waals surface area contributed by atoms with Gasteiger partial charge in [-0.05, 0) is 39.7 Å². The summed E-state index contributed by atoms with van der Waals surface area (Å²) in [4.78, 5) is 21.9. The number of anilines is 1. The molecule has 0 unspecified atom stereocenters. The van der Waals surface area contributed by atoms with E-state index in [1.165, 1.54) is 0 Å². The molecule has 1 aliphatic rings. The number of hydrogen-bond donors (Lipinski definition) is 1. The highest BCUT2D eigenvalue weighted by Gasteiger charge is 2.33. The highest BCUT2D eigenvalue weighted by Crippen LogP contribution is 2.32. The minimum absolute atomic E-state index is 0.0693. The lowest BCUT2D eigenvalue weighted by Crippen LogP contribution is -2.36. The minimum atomic E-state index is -0.491. The molecule has 1 fully saturated rings. The molecule has 1 saturated heterocycles. The Morgan fingerprint density at radius 2 is 2.26 bits per heavy atom. The van der Waals surface area contributed by atoms with E-state index in [4.69, 9.17) is 10.5 Å². The Morgan fingerprint density at radius 3 is 2.89 bits per heavy atom. The smallest absolute Gasteiger partial charge is 0.410 e. The zero-order chi connectivity index (χ0) is 14.0. The minimum Gasteiger partial charge on any atom is -0.444 e. The summed E-state index contributed by atoms with van der Waals surface area (Å²) in [5, 5.41) is 0. The molecule has 1 aromatic rings. The number of nitrogens with zero attached hydrogens (tertiary/aromatic N) is 3. The van der Waals surface area contributed by atoms with Gasteiger partial charge in [-0.1, -0.05) is 0 Å². The van der Waals surface area contributed by atoms with Gasteiger partial charge in [0.1, 0.15) is 5.60 Å². The number of ether oxygens (including phenoxy) is 1. The van der Waals surface area contributed by atoms with E-state index >= 15 is 0 Å². The maximum absolute atomic E-state index is 12.2. The van der Waals surface area contributed by atoms with Crippen molar-refractivity contribution in [2.45, 2.75) is 45.3 Å². The zero-order valence-electron chi connectivity index (χ0n) is 11.6. The maximum Gasteiger partial charge on any atom is 0.410 e. The second-order valence-corrected chi connectivity index (χ2v) is 5.67. The molecule has 0 bridgehead atoms. The molecule has 2 rings (SSSR count). The van der Waals surface area contributed by atoms with Gasteiger partial charge in [-0.15, -0.1) is 0 Å². The molecule has 0 radical (unpaired) electrons. The maximum atomic E-state index is 12.2. The van der Waals surface area contributed by atoms with Gasteiger partial charge in [-0.3, -0.25) is 4.90 Å². The van der Waals surface area contributed by atoms with Crippen molar-refractivity contribution in [1.29, 1.82) is 0 Å². The highest BCUT2D eigenvalue weighted by molar-refractivity contribution is 5.69. The molecule has 6 heteroatoms. The van der Waals surface area contributed by atoms with Gasteiger partial charge in [0.2, 0.25) is 5.95 Å². The van der Waals surface area contributed by atoms with Crippen LogP contribution < -0.4 is 5.73 Å². The first kappa shape index (κ1) is 13.6. The first-order valence-corrected chi connectivity index (χ1v) is 6.45. The standard InChI is InChI=1S/C13H20N4O2/c1-13(2,3)19-12(18)17-8-4-5-10(17)9-6-7-15-11(14)16-9/h6-7,10H,4-5,8H2,1-3H3,(H2,14,15,16)/t10-/m1/s1. The third-order valence-electron chi connectivity index (χ3n) is 2.92. The van der Waals surface area contributed by atoms with Crippen molar-refractivity contribution in [3.63, 3.8) is 0 Å². The summed E-state index contributed by atoms with van der Waals surface area (Å²) >= 11 is 0. The average molecular weight is 264 g/mol. The van der Waals surface area contributed by atoms with E-state index in [0.29, 0.717) is 6.54 Å². The van der Waals surface area contributed by atoms with Crippen molar-refractivity contribution < 1.29 is 9.53 Å². The monoisotopic (exact) mass is 264 g/mol. The molecule has 1 aliphatic heterocycles. The predicted octanol–water partition coefficient (Wildman–Crippen LogP) is 2.13. The van der Waals surface area contributed by atoms with Crippen LogP contribution in [-0.2, 0) is 4.74 Å². The van der Waals surface area contributed by atoms with Crippen LogP contribution in [0.15, 0.2) is 12.3 Å². The van der Waals surface area contributed by atoms with E-state index in [2.05, 4.69) is 9.97 Å². The van der Waals surface area contributed by atoms with Crippen molar-refractivity contribution in [2.24, 2.45) is 0 Å². The van der Waals surface area contributed by atoms with Crippen molar-refractivity contribution >= 4 is 12.0 Å². The van der Waals surface area contributed by atoms with Crippen LogP contribution in [0.3, 0.4) is 0 Å². The Balaban J connectivity index is 2.15. The number of carbonyl (C=O) groups excluding carboxylic acids is 1. The largest absolute Gasteiger partial charge is 0.444 e. The molecule has 0 saturated carbocycles. The van der Waals surface area contributed by atoms with Crippen molar-refractivity contribution in [3.05, 3.63) is 18.0 Å². The van der Waals surface area contributed by atoms with E-state index in [-0.39, 0.29) is 18.1 Å². The quantitative estimate of drug-likeness (QED) is 0.840. The van der Waals surface area contributed by atoms with Gasteiger partial charge < -0.3 is 10.5 Å². The lowest BCUT2D eigenvalue weighted by Gasteiger charge is -2.28. The molecular weight excluding hydrogens is 244 g/mol. The van der Waals surface area contributed by atoms with Crippen LogP contribution in [0.5, 0.6) is 0 Å². The fourth-order valence-electron chi connectivity index (χ4n) is 2.19. The summed E-state index contributed by atoms with van der Waals surface area (Å²) < 4.78 is 5.42. The van der Waals surface area contributed by atoms with Crippen LogP contribution in [0.4, 0.5) is 10.7 Å². The summed E-state index contributed by atoms with van der Waals surface area (Å²) in [6, 6.07) is 1.73. The summed E-state index contributed by atoms with van der Waals surface area (Å²) in [5.74, 6) is 0.230. The average Bonchev–Trinajstić information content (AvgIpc) is 2.75. The lowest BCUT2D eigenvalue weighted by molar-refractivity contribution is 0.0221. The number of rotatable bonds is 1. The van der Waals surface area contributed by atoms with E-state index in [1.54, 1.807) is 17.2 Å². The van der Waals surface area contributed by atoms with E-state index < -0.39 is 5.60 Å². The third kappa shape index (κ3) is 3.33. The van der Waals surface area contributed by atoms with Crippen LogP contribution in [0, 0.1) is 0 Å². The van der Waals surface area contributed by atoms with Crippen molar-refractivity contribution in [2.75, 3.05) is 12.3 Å². The molecule has 6 nitrogen and oxygen atoms in total. The van der Waals surface area contributed by atoms with Gasteiger partial charge in [-0.25, -0.2) is 14.8 Å². The number of nitrogen functional groups attached to an aromatic ring is 1. The van der Waals surface area contributed by atoms with Gasteiger partial charge >= 0.3 is 6.09 Å². The molecule has 0 aliphatic carbocycles. The second-order valence-electron chi connectivity index (χ2n) is 5.67. The highest BCUT2D eigenvalue weighted by atomic mass is 16.6. The van der Waals surface area contributed by atoms with Crippen LogP contribution in [0.2, 0.25) is 0 Å². The molecule has 0 spiro atoms. The fourth-order valence-corrected chi connectivity index (χ4v) is 2.19. The number of amides is 1. The van der Waals surface area contributed by atoms with Crippen LogP contribution >= 0.6 is 0 Å². The molecule has 19 heavy (non-hydrogen) atoms. The lowest BCUT2D eigenvalue weighted by atomic mass is 10.1. The summed E-state index contributed by atoms with van der Waals surface area (Å²) in [6.45, 7) is 6.26. The number of aromatic nitrogens is 2. The van der Waals surface area contributed by atoms with Gasteiger partial charge in [-0.2, -0.15) is 0 Å². The number of nitrogens with two attached hydrogens (primary N) is 1. The van der Waals surface area contributed by atoms with Gasteiger partial charge in [0.25, 0.3) is 0 Å². The Bertz CT molecular complexity index is 470. The van der Waals surface area contributed by atoms with Crippen LogP contribution in [0.25, 0.3) is 0 Å². The van der Waals surface area contributed by atoms with E-state index in [0.717, 1.165) is 18.5 Å². The number of likely N-dealkylation sites (tertiary alicyclic amines) is 1. The first-order valence-electron chi connectivity index (χ1n) is 6.45. The molecule has 1 amide bonds. The summed E-state index contributed by atoms with van der Waals surface area (Å²) in [5.41, 5.74) is 5.88. The first-order chi connectivity index (χ1) is 8.87. The molecule has 0 aromatic carbocycles. The summed E-state index contributed by atoms with van der Waals surface area (Å²) in [6.07, 6.45) is 3.12. The Kier molecular flexibility index (Phi) is 3.59. The van der Waals surface area contributed by atoms with E-state index in [9.17, 15) is 4.79 Å². The van der Waals surface area contributed by atoms with E-state index in [1.807, 2.05) is 20.8 Å². The van der Waals surface area contributed by atoms with Gasteiger partial charge in [0.05, 0.1) is 11.7 Å². The molecule has 1 atom stereocenters. The molecule has 2 heterocycles. The predicted molar refractivity (Wildman–Crippen MR) is 71.4 cm³/mol. The Labute approximate surface area is 113 Å². The SMILES string of the molecule is CC(C)(C)OC(=O)N1CCC[C@@H]1c1ccnc(N)n1. The van der Waals surface area contributed by atoms with Crippen molar-refractivity contribution in [3.8, 4) is 0 Å². The van der Waals surface area contributed by atoms with Gasteiger partial charge in [0, 0.05) is 12.7 Å². The second kappa shape index (κ2) is 5.03. The molecule has 104 valence electrons. The number of hydrogen-bond acceptors (Lipinski definition) is 5. The van der Waals surface area contributed by atoms with Crippen molar-refractivity contribution in [1.82, 2.24) is 14.9 Å². The normalized spacial score (nSPS) is 19.5.